The van der Waals surface area contributed by atoms with Gasteiger partial charge in [-0.1, -0.05) is 13.3 Å². The highest BCUT2D eigenvalue weighted by molar-refractivity contribution is 5.80. The Hall–Kier alpha value is -1.06. The first kappa shape index (κ1) is 12.9. The molecule has 0 radical (unpaired) electrons. The SMILES string of the molecule is CCCC(OC(=O)C(C)(C)C)C(=O)O. The minimum Gasteiger partial charge on any atom is -0.479 e. The Balaban J connectivity index is 4.31. The van der Waals surface area contributed by atoms with Crippen LogP contribution in [-0.2, 0) is 14.3 Å². The highest BCUT2D eigenvalue weighted by atomic mass is 16.6. The van der Waals surface area contributed by atoms with Crippen LogP contribution in [0.3, 0.4) is 0 Å². The Morgan fingerprint density at radius 2 is 1.86 bits per heavy atom. The molecule has 1 unspecified atom stereocenters. The molecule has 0 amide bonds. The molecule has 0 aromatic heterocycles. The quantitative estimate of drug-likeness (QED) is 0.706. The van der Waals surface area contributed by atoms with E-state index in [-0.39, 0.29) is 0 Å². The van der Waals surface area contributed by atoms with Crippen molar-refractivity contribution in [3.63, 3.8) is 0 Å². The monoisotopic (exact) mass is 202 g/mol. The van der Waals surface area contributed by atoms with Crippen molar-refractivity contribution >= 4 is 11.9 Å². The Morgan fingerprint density at radius 3 is 2.14 bits per heavy atom. The van der Waals surface area contributed by atoms with E-state index < -0.39 is 23.5 Å². The molecular formula is C10H18O4. The van der Waals surface area contributed by atoms with E-state index in [9.17, 15) is 9.59 Å². The Morgan fingerprint density at radius 1 is 1.36 bits per heavy atom. The zero-order valence-corrected chi connectivity index (χ0v) is 9.16. The van der Waals surface area contributed by atoms with Gasteiger partial charge in [-0.2, -0.15) is 0 Å². The lowest BCUT2D eigenvalue weighted by Gasteiger charge is -2.20. The summed E-state index contributed by atoms with van der Waals surface area (Å²) in [5.41, 5.74) is -0.651. The second-order valence-electron chi connectivity index (χ2n) is 4.27. The molecule has 0 aliphatic heterocycles. The molecule has 1 N–H and O–H groups in total. The third-order valence-corrected chi connectivity index (χ3v) is 1.69. The topological polar surface area (TPSA) is 63.6 Å². The van der Waals surface area contributed by atoms with Gasteiger partial charge in [-0.05, 0) is 27.2 Å². The molecule has 0 spiro atoms. The van der Waals surface area contributed by atoms with Gasteiger partial charge in [0.1, 0.15) is 0 Å². The van der Waals surface area contributed by atoms with Gasteiger partial charge in [0, 0.05) is 0 Å². The molecule has 0 saturated carbocycles. The molecule has 0 heterocycles. The summed E-state index contributed by atoms with van der Waals surface area (Å²) in [6.45, 7) is 6.93. The number of carboxylic acids is 1. The summed E-state index contributed by atoms with van der Waals surface area (Å²) in [7, 11) is 0. The van der Waals surface area contributed by atoms with Crippen LogP contribution in [0.4, 0.5) is 0 Å². The number of carboxylic acid groups (broad SMARTS) is 1. The summed E-state index contributed by atoms with van der Waals surface area (Å²) in [6.07, 6.45) is 0.0256. The predicted molar refractivity (Wildman–Crippen MR) is 51.9 cm³/mol. The van der Waals surface area contributed by atoms with Gasteiger partial charge in [-0.3, -0.25) is 4.79 Å². The molecule has 0 saturated heterocycles. The van der Waals surface area contributed by atoms with E-state index in [1.807, 2.05) is 6.92 Å². The molecule has 0 rings (SSSR count). The Labute approximate surface area is 84.3 Å². The number of hydrogen-bond donors (Lipinski definition) is 1. The molecule has 0 aromatic carbocycles. The number of aliphatic carboxylic acids is 1. The maximum absolute atomic E-state index is 11.4. The van der Waals surface area contributed by atoms with Crippen molar-refractivity contribution in [2.24, 2.45) is 5.41 Å². The molecule has 82 valence electrons. The fraction of sp³-hybridized carbons (Fsp3) is 0.800. The van der Waals surface area contributed by atoms with Gasteiger partial charge in [-0.25, -0.2) is 4.79 Å². The summed E-state index contributed by atoms with van der Waals surface area (Å²) in [5.74, 6) is -1.55. The second kappa shape index (κ2) is 4.98. The molecule has 14 heavy (non-hydrogen) atoms. The first-order chi connectivity index (χ1) is 6.29. The molecular weight excluding hydrogens is 184 g/mol. The molecule has 0 fully saturated rings. The van der Waals surface area contributed by atoms with Crippen LogP contribution >= 0.6 is 0 Å². The first-order valence-corrected chi connectivity index (χ1v) is 4.73. The van der Waals surface area contributed by atoms with Gasteiger partial charge in [0.2, 0.25) is 0 Å². The molecule has 4 nitrogen and oxygen atoms in total. The number of hydrogen-bond acceptors (Lipinski definition) is 3. The normalized spacial score (nSPS) is 13.4. The van der Waals surface area contributed by atoms with Crippen LogP contribution in [0.15, 0.2) is 0 Å². The van der Waals surface area contributed by atoms with E-state index in [0.29, 0.717) is 12.8 Å². The van der Waals surface area contributed by atoms with Gasteiger partial charge < -0.3 is 9.84 Å². The molecule has 0 aliphatic carbocycles. The van der Waals surface area contributed by atoms with Gasteiger partial charge in [0.05, 0.1) is 5.41 Å². The highest BCUT2D eigenvalue weighted by Crippen LogP contribution is 2.17. The van der Waals surface area contributed by atoms with E-state index >= 15 is 0 Å². The molecule has 1 atom stereocenters. The standard InChI is InChI=1S/C10H18O4/c1-5-6-7(8(11)12)14-9(13)10(2,3)4/h7H,5-6H2,1-4H3,(H,11,12). The third kappa shape index (κ3) is 4.25. The molecule has 4 heteroatoms. The van der Waals surface area contributed by atoms with Crippen molar-refractivity contribution in [1.29, 1.82) is 0 Å². The lowest BCUT2D eigenvalue weighted by Crippen LogP contribution is -2.32. The van der Waals surface area contributed by atoms with Crippen LogP contribution in [0.5, 0.6) is 0 Å². The third-order valence-electron chi connectivity index (χ3n) is 1.69. The zero-order valence-electron chi connectivity index (χ0n) is 9.16. The van der Waals surface area contributed by atoms with Crippen LogP contribution in [-0.4, -0.2) is 23.1 Å². The summed E-state index contributed by atoms with van der Waals surface area (Å²) in [5, 5.41) is 8.74. The van der Waals surface area contributed by atoms with Crippen LogP contribution in [0.1, 0.15) is 40.5 Å². The van der Waals surface area contributed by atoms with Crippen molar-refractivity contribution in [1.82, 2.24) is 0 Å². The Bertz CT molecular complexity index is 215. The van der Waals surface area contributed by atoms with Crippen molar-refractivity contribution in [3.8, 4) is 0 Å². The number of esters is 1. The minimum absolute atomic E-state index is 0.358. The van der Waals surface area contributed by atoms with Crippen LogP contribution in [0, 0.1) is 5.41 Å². The lowest BCUT2D eigenvalue weighted by molar-refractivity contribution is -0.170. The van der Waals surface area contributed by atoms with Gasteiger partial charge in [0.15, 0.2) is 6.10 Å². The number of ether oxygens (including phenoxy) is 1. The first-order valence-electron chi connectivity index (χ1n) is 4.73. The van der Waals surface area contributed by atoms with E-state index in [2.05, 4.69) is 0 Å². The van der Waals surface area contributed by atoms with Crippen LogP contribution < -0.4 is 0 Å². The summed E-state index contributed by atoms with van der Waals surface area (Å²) < 4.78 is 4.88. The summed E-state index contributed by atoms with van der Waals surface area (Å²) in [4.78, 5) is 22.0. The highest BCUT2D eigenvalue weighted by Gasteiger charge is 2.28. The van der Waals surface area contributed by atoms with Crippen molar-refractivity contribution < 1.29 is 19.4 Å². The molecule has 0 bridgehead atoms. The fourth-order valence-corrected chi connectivity index (χ4v) is 0.801. The Kier molecular flexibility index (Phi) is 4.60. The number of rotatable bonds is 4. The maximum atomic E-state index is 11.4. The zero-order chi connectivity index (χ0) is 11.4. The lowest BCUT2D eigenvalue weighted by atomic mass is 9.97. The van der Waals surface area contributed by atoms with E-state index in [4.69, 9.17) is 9.84 Å². The van der Waals surface area contributed by atoms with Crippen molar-refractivity contribution in [3.05, 3.63) is 0 Å². The number of carbonyl (C=O) groups excluding carboxylic acids is 1. The minimum atomic E-state index is -1.08. The summed E-state index contributed by atoms with van der Waals surface area (Å²) >= 11 is 0. The molecule has 0 aromatic rings. The van der Waals surface area contributed by atoms with Gasteiger partial charge in [0.25, 0.3) is 0 Å². The average Bonchev–Trinajstić information content (AvgIpc) is 2.01. The van der Waals surface area contributed by atoms with Crippen molar-refractivity contribution in [2.75, 3.05) is 0 Å². The van der Waals surface area contributed by atoms with E-state index in [1.54, 1.807) is 20.8 Å². The second-order valence-corrected chi connectivity index (χ2v) is 4.27. The maximum Gasteiger partial charge on any atom is 0.345 e. The number of carbonyl (C=O) groups is 2. The largest absolute Gasteiger partial charge is 0.479 e. The predicted octanol–water partition coefficient (Wildman–Crippen LogP) is 1.83. The van der Waals surface area contributed by atoms with Crippen molar-refractivity contribution in [2.45, 2.75) is 46.6 Å². The van der Waals surface area contributed by atoms with Crippen LogP contribution in [0.2, 0.25) is 0 Å². The van der Waals surface area contributed by atoms with Crippen LogP contribution in [0.25, 0.3) is 0 Å². The molecule has 0 aliphatic rings. The van der Waals surface area contributed by atoms with Gasteiger partial charge >= 0.3 is 11.9 Å². The smallest absolute Gasteiger partial charge is 0.345 e. The summed E-state index contributed by atoms with van der Waals surface area (Å²) in [6, 6.07) is 0. The average molecular weight is 202 g/mol. The van der Waals surface area contributed by atoms with Gasteiger partial charge in [-0.15, -0.1) is 0 Å². The van der Waals surface area contributed by atoms with E-state index in [0.717, 1.165) is 0 Å². The van der Waals surface area contributed by atoms with E-state index in [1.165, 1.54) is 0 Å². The fourth-order valence-electron chi connectivity index (χ4n) is 0.801.